The first-order valence-corrected chi connectivity index (χ1v) is 17.4. The number of benzene rings is 7. The SMILES string of the molecule is N#Cc1cccc(-c2c(-n3c4ccccc4c4cc(-c5ccccc5)ccc43)cncc2-n2c3ccccc3c3cc(-c4ccccc4)ccc32)c1. The molecule has 10 aromatic rings. The van der Waals surface area contributed by atoms with Crippen molar-refractivity contribution in [2.24, 2.45) is 0 Å². The number of pyridine rings is 1. The molecule has 0 saturated heterocycles. The largest absolute Gasteiger partial charge is 0.307 e. The summed E-state index contributed by atoms with van der Waals surface area (Å²) < 4.78 is 4.68. The molecule has 0 fully saturated rings. The fourth-order valence-corrected chi connectivity index (χ4v) is 7.90. The van der Waals surface area contributed by atoms with Crippen LogP contribution in [0.3, 0.4) is 0 Å². The van der Waals surface area contributed by atoms with Gasteiger partial charge in [0, 0.05) is 27.1 Å². The van der Waals surface area contributed by atoms with E-state index >= 15 is 0 Å². The Bertz CT molecular complexity index is 2840. The van der Waals surface area contributed by atoms with E-state index in [2.05, 4.69) is 167 Å². The van der Waals surface area contributed by atoms with Crippen LogP contribution in [0.2, 0.25) is 0 Å². The number of rotatable bonds is 5. The Morgan fingerprint density at radius 2 is 0.846 bits per heavy atom. The molecule has 0 N–H and O–H groups in total. The van der Waals surface area contributed by atoms with Crippen molar-refractivity contribution < 1.29 is 0 Å². The van der Waals surface area contributed by atoms with Gasteiger partial charge < -0.3 is 9.13 Å². The Morgan fingerprint density at radius 1 is 0.385 bits per heavy atom. The second-order valence-electron chi connectivity index (χ2n) is 13.1. The van der Waals surface area contributed by atoms with Gasteiger partial charge in [0.2, 0.25) is 0 Å². The van der Waals surface area contributed by atoms with Crippen LogP contribution in [0.15, 0.2) is 182 Å². The molecule has 0 aliphatic heterocycles. The summed E-state index contributed by atoms with van der Waals surface area (Å²) in [5, 5.41) is 14.7. The van der Waals surface area contributed by atoms with Crippen LogP contribution in [0.5, 0.6) is 0 Å². The van der Waals surface area contributed by atoms with Crippen LogP contribution in [0.4, 0.5) is 0 Å². The first-order chi connectivity index (χ1) is 25.8. The van der Waals surface area contributed by atoms with Gasteiger partial charge in [-0.15, -0.1) is 0 Å². The Morgan fingerprint density at radius 3 is 1.37 bits per heavy atom. The maximum absolute atomic E-state index is 10.0. The van der Waals surface area contributed by atoms with Crippen molar-refractivity contribution in [2.45, 2.75) is 0 Å². The molecule has 0 saturated carbocycles. The van der Waals surface area contributed by atoms with E-state index in [1.54, 1.807) is 0 Å². The van der Waals surface area contributed by atoms with E-state index in [9.17, 15) is 5.26 Å². The summed E-state index contributed by atoms with van der Waals surface area (Å²) in [6, 6.07) is 62.0. The third-order valence-electron chi connectivity index (χ3n) is 10.2. The third kappa shape index (κ3) is 4.65. The molecule has 7 aromatic carbocycles. The van der Waals surface area contributed by atoms with Crippen molar-refractivity contribution >= 4 is 43.6 Å². The van der Waals surface area contributed by atoms with Crippen molar-refractivity contribution in [1.82, 2.24) is 14.1 Å². The monoisotopic (exact) mass is 662 g/mol. The Balaban J connectivity index is 1.30. The Kier molecular flexibility index (Phi) is 6.84. The minimum atomic E-state index is 0.607. The number of aromatic nitrogens is 3. The van der Waals surface area contributed by atoms with Crippen molar-refractivity contribution in [3.63, 3.8) is 0 Å². The first kappa shape index (κ1) is 29.7. The maximum atomic E-state index is 10.0. The van der Waals surface area contributed by atoms with E-state index in [0.717, 1.165) is 44.6 Å². The molecular weight excluding hydrogens is 633 g/mol. The van der Waals surface area contributed by atoms with E-state index in [1.807, 2.05) is 30.6 Å². The zero-order valence-electron chi connectivity index (χ0n) is 28.1. The average Bonchev–Trinajstić information content (AvgIpc) is 3.73. The minimum absolute atomic E-state index is 0.607. The molecule has 52 heavy (non-hydrogen) atoms. The molecule has 0 atom stereocenters. The predicted octanol–water partition coefficient (Wildman–Crippen LogP) is 12.1. The topological polar surface area (TPSA) is 46.5 Å². The number of fused-ring (bicyclic) bond motifs is 6. The molecule has 0 bridgehead atoms. The smallest absolute Gasteiger partial charge is 0.0991 e. The molecule has 10 rings (SSSR count). The molecule has 0 unspecified atom stereocenters. The summed E-state index contributed by atoms with van der Waals surface area (Å²) in [7, 11) is 0. The molecule has 0 aliphatic carbocycles. The number of nitrogens with zero attached hydrogens (tertiary/aromatic N) is 4. The highest BCUT2D eigenvalue weighted by Crippen LogP contribution is 2.43. The van der Waals surface area contributed by atoms with Crippen LogP contribution in [-0.4, -0.2) is 14.1 Å². The van der Waals surface area contributed by atoms with Gasteiger partial charge in [-0.25, -0.2) is 0 Å². The second-order valence-corrected chi connectivity index (χ2v) is 13.1. The van der Waals surface area contributed by atoms with Gasteiger partial charge in [0.1, 0.15) is 0 Å². The van der Waals surface area contributed by atoms with Crippen LogP contribution < -0.4 is 0 Å². The summed E-state index contributed by atoms with van der Waals surface area (Å²) >= 11 is 0. The first-order valence-electron chi connectivity index (χ1n) is 17.4. The number of para-hydroxylation sites is 2. The van der Waals surface area contributed by atoms with Gasteiger partial charge in [-0.05, 0) is 76.3 Å². The second kappa shape index (κ2) is 12.0. The highest BCUT2D eigenvalue weighted by atomic mass is 15.0. The van der Waals surface area contributed by atoms with Crippen molar-refractivity contribution in [2.75, 3.05) is 0 Å². The molecule has 0 radical (unpaired) electrons. The van der Waals surface area contributed by atoms with E-state index in [0.29, 0.717) is 5.56 Å². The van der Waals surface area contributed by atoms with Gasteiger partial charge in [-0.1, -0.05) is 121 Å². The predicted molar refractivity (Wildman–Crippen MR) is 214 cm³/mol. The summed E-state index contributed by atoms with van der Waals surface area (Å²) in [6.07, 6.45) is 3.94. The summed E-state index contributed by atoms with van der Waals surface area (Å²) in [6.45, 7) is 0. The summed E-state index contributed by atoms with van der Waals surface area (Å²) in [5.74, 6) is 0. The molecule has 0 spiro atoms. The van der Waals surface area contributed by atoms with E-state index < -0.39 is 0 Å². The molecule has 242 valence electrons. The Labute approximate surface area is 300 Å². The van der Waals surface area contributed by atoms with Gasteiger partial charge in [-0.2, -0.15) is 5.26 Å². The lowest BCUT2D eigenvalue weighted by molar-refractivity contribution is 1.09. The van der Waals surface area contributed by atoms with Crippen LogP contribution in [0.1, 0.15) is 5.56 Å². The molecule has 4 nitrogen and oxygen atoms in total. The molecule has 3 aromatic heterocycles. The molecule has 3 heterocycles. The van der Waals surface area contributed by atoms with Crippen molar-refractivity contribution in [3.05, 3.63) is 188 Å². The number of nitriles is 1. The standard InChI is InChI=1S/C48H30N4/c49-29-32-12-11-17-37(26-32)48-46(51-42-20-9-7-18-38(42)40-27-35(22-24-44(40)51)33-13-3-1-4-14-33)30-50-31-47(48)52-43-21-10-8-19-39(43)41-28-36(23-25-45(41)52)34-15-5-2-6-16-34/h1-28,30-31H. The van der Waals surface area contributed by atoms with E-state index in [4.69, 9.17) is 4.98 Å². The molecule has 4 heteroatoms. The summed E-state index contributed by atoms with van der Waals surface area (Å²) in [4.78, 5) is 4.98. The van der Waals surface area contributed by atoms with Gasteiger partial charge >= 0.3 is 0 Å². The van der Waals surface area contributed by atoms with Gasteiger partial charge in [0.05, 0.1) is 57.5 Å². The maximum Gasteiger partial charge on any atom is 0.0991 e. The lowest BCUT2D eigenvalue weighted by Gasteiger charge is -2.19. The zero-order valence-corrected chi connectivity index (χ0v) is 28.1. The van der Waals surface area contributed by atoms with Gasteiger partial charge in [0.25, 0.3) is 0 Å². The van der Waals surface area contributed by atoms with Crippen LogP contribution in [0, 0.1) is 11.3 Å². The summed E-state index contributed by atoms with van der Waals surface area (Å²) in [5.41, 5.74) is 13.5. The lowest BCUT2D eigenvalue weighted by Crippen LogP contribution is -2.05. The van der Waals surface area contributed by atoms with Gasteiger partial charge in [-0.3, -0.25) is 4.98 Å². The highest BCUT2D eigenvalue weighted by molar-refractivity contribution is 6.13. The fourth-order valence-electron chi connectivity index (χ4n) is 7.90. The normalized spacial score (nSPS) is 11.4. The van der Waals surface area contributed by atoms with Crippen LogP contribution in [0.25, 0.3) is 88.4 Å². The molecule has 0 aliphatic rings. The van der Waals surface area contributed by atoms with Crippen LogP contribution >= 0.6 is 0 Å². The Hall–Kier alpha value is -7.22. The third-order valence-corrected chi connectivity index (χ3v) is 10.2. The average molecular weight is 663 g/mol. The number of hydrogen-bond donors (Lipinski definition) is 0. The number of hydrogen-bond acceptors (Lipinski definition) is 2. The zero-order chi connectivity index (χ0) is 34.6. The molecule has 0 amide bonds. The van der Waals surface area contributed by atoms with Crippen molar-refractivity contribution in [1.29, 1.82) is 5.26 Å². The van der Waals surface area contributed by atoms with Crippen LogP contribution in [-0.2, 0) is 0 Å². The van der Waals surface area contributed by atoms with Crippen molar-refractivity contribution in [3.8, 4) is 50.8 Å². The fraction of sp³-hybridized carbons (Fsp3) is 0. The lowest BCUT2D eigenvalue weighted by atomic mass is 10.00. The quantitative estimate of drug-likeness (QED) is 0.184. The van der Waals surface area contributed by atoms with Gasteiger partial charge in [0.15, 0.2) is 0 Å². The van der Waals surface area contributed by atoms with E-state index in [-0.39, 0.29) is 0 Å². The molecular formula is C48H30N4. The minimum Gasteiger partial charge on any atom is -0.307 e. The van der Waals surface area contributed by atoms with E-state index in [1.165, 1.54) is 43.8 Å². The highest BCUT2D eigenvalue weighted by Gasteiger charge is 2.23.